The maximum absolute atomic E-state index is 12.7. The largest absolute Gasteiger partial charge is 0.383 e. The molecule has 2 aromatic rings. The van der Waals surface area contributed by atoms with E-state index in [9.17, 15) is 9.59 Å². The molecule has 3 N–H and O–H groups in total. The smallest absolute Gasteiger partial charge is 0.273 e. The Kier molecular flexibility index (Phi) is 5.43. The number of hydrogen-bond donors (Lipinski definition) is 2. The van der Waals surface area contributed by atoms with Gasteiger partial charge in [-0.2, -0.15) is 0 Å². The molecule has 29 heavy (non-hydrogen) atoms. The van der Waals surface area contributed by atoms with Crippen LogP contribution in [-0.4, -0.2) is 27.3 Å². The molecule has 0 atom stereocenters. The molecule has 0 saturated heterocycles. The zero-order valence-electron chi connectivity index (χ0n) is 17.3. The number of nitrogens with zero attached hydrogens (tertiary/aromatic N) is 2. The molecule has 1 aromatic carbocycles. The fourth-order valence-corrected chi connectivity index (χ4v) is 4.13. The van der Waals surface area contributed by atoms with Crippen LogP contribution >= 0.6 is 0 Å². The van der Waals surface area contributed by atoms with Crippen LogP contribution in [0.4, 0.5) is 5.82 Å². The monoisotopic (exact) mass is 394 g/mol. The molecule has 6 heteroatoms. The quantitative estimate of drug-likeness (QED) is 0.723. The summed E-state index contributed by atoms with van der Waals surface area (Å²) in [6.45, 7) is 4.22. The Morgan fingerprint density at radius 3 is 2.59 bits per heavy atom. The Morgan fingerprint density at radius 1 is 1.17 bits per heavy atom. The number of Topliss-reactive ketones (excluding diaryl/α,β-unsaturated/α-hetero) is 1. The second kappa shape index (κ2) is 8.01. The number of aromatic nitrogens is 2. The number of anilines is 1. The molecule has 2 aliphatic rings. The van der Waals surface area contributed by atoms with Crippen LogP contribution in [0.25, 0.3) is 5.69 Å². The lowest BCUT2D eigenvalue weighted by Crippen LogP contribution is -2.37. The SMILES string of the molecule is Cc1ccc(C(=O)CC2CC2)cc1-n1cnc(C(=O)NC2CCC(C)CC2)c1N. The summed E-state index contributed by atoms with van der Waals surface area (Å²) in [5.41, 5.74) is 9.01. The molecule has 0 bridgehead atoms. The zero-order chi connectivity index (χ0) is 20.5. The summed E-state index contributed by atoms with van der Waals surface area (Å²) in [5, 5.41) is 3.09. The Labute approximate surface area is 171 Å². The lowest BCUT2D eigenvalue weighted by Gasteiger charge is -2.26. The normalized spacial score (nSPS) is 21.7. The van der Waals surface area contributed by atoms with Gasteiger partial charge in [0.05, 0.1) is 5.69 Å². The first kappa shape index (κ1) is 19.7. The second-order valence-corrected chi connectivity index (χ2v) is 8.85. The van der Waals surface area contributed by atoms with Gasteiger partial charge in [0.1, 0.15) is 12.1 Å². The van der Waals surface area contributed by atoms with Crippen molar-refractivity contribution in [2.75, 3.05) is 5.73 Å². The van der Waals surface area contributed by atoms with E-state index in [-0.39, 0.29) is 23.4 Å². The van der Waals surface area contributed by atoms with Gasteiger partial charge in [-0.05, 0) is 68.9 Å². The molecule has 1 aromatic heterocycles. The number of nitrogens with one attached hydrogen (secondary N) is 1. The summed E-state index contributed by atoms with van der Waals surface area (Å²) in [4.78, 5) is 29.5. The minimum Gasteiger partial charge on any atom is -0.383 e. The number of hydrogen-bond acceptors (Lipinski definition) is 4. The van der Waals surface area contributed by atoms with Crippen molar-refractivity contribution in [2.24, 2.45) is 11.8 Å². The van der Waals surface area contributed by atoms with Gasteiger partial charge in [-0.3, -0.25) is 14.2 Å². The van der Waals surface area contributed by atoms with Crippen molar-refractivity contribution < 1.29 is 9.59 Å². The topological polar surface area (TPSA) is 90.0 Å². The highest BCUT2D eigenvalue weighted by atomic mass is 16.2. The molecular formula is C23H30N4O2. The third kappa shape index (κ3) is 4.36. The molecule has 154 valence electrons. The van der Waals surface area contributed by atoms with Crippen molar-refractivity contribution >= 4 is 17.5 Å². The van der Waals surface area contributed by atoms with Crippen LogP contribution in [-0.2, 0) is 0 Å². The van der Waals surface area contributed by atoms with E-state index < -0.39 is 0 Å². The number of carbonyl (C=O) groups is 2. The molecule has 1 amide bonds. The first-order chi connectivity index (χ1) is 13.9. The molecule has 1 heterocycles. The van der Waals surface area contributed by atoms with Crippen LogP contribution in [0, 0.1) is 18.8 Å². The van der Waals surface area contributed by atoms with Crippen LogP contribution in [0.2, 0.25) is 0 Å². The Balaban J connectivity index is 1.53. The average Bonchev–Trinajstić information content (AvgIpc) is 3.43. The molecular weight excluding hydrogens is 364 g/mol. The first-order valence-electron chi connectivity index (χ1n) is 10.7. The number of rotatable bonds is 6. The summed E-state index contributed by atoms with van der Waals surface area (Å²) in [5.74, 6) is 1.52. The number of carbonyl (C=O) groups excluding carboxylic acids is 2. The van der Waals surface area contributed by atoms with Gasteiger partial charge in [0, 0.05) is 18.0 Å². The highest BCUT2D eigenvalue weighted by Crippen LogP contribution is 2.34. The minimum absolute atomic E-state index is 0.164. The summed E-state index contributed by atoms with van der Waals surface area (Å²) in [6.07, 6.45) is 8.75. The van der Waals surface area contributed by atoms with Crippen molar-refractivity contribution in [3.05, 3.63) is 41.3 Å². The van der Waals surface area contributed by atoms with E-state index >= 15 is 0 Å². The maximum atomic E-state index is 12.7. The van der Waals surface area contributed by atoms with Crippen molar-refractivity contribution in [1.82, 2.24) is 14.9 Å². The third-order valence-corrected chi connectivity index (χ3v) is 6.33. The van der Waals surface area contributed by atoms with E-state index in [1.54, 1.807) is 10.9 Å². The van der Waals surface area contributed by atoms with E-state index in [1.807, 2.05) is 25.1 Å². The first-order valence-corrected chi connectivity index (χ1v) is 10.7. The van der Waals surface area contributed by atoms with Crippen molar-refractivity contribution in [3.8, 4) is 5.69 Å². The molecule has 0 spiro atoms. The molecule has 6 nitrogen and oxygen atoms in total. The van der Waals surface area contributed by atoms with Crippen LogP contribution in [0.15, 0.2) is 24.5 Å². The summed E-state index contributed by atoms with van der Waals surface area (Å²) >= 11 is 0. The minimum atomic E-state index is -0.223. The van der Waals surface area contributed by atoms with Crippen LogP contribution in [0.3, 0.4) is 0 Å². The number of amides is 1. The van der Waals surface area contributed by atoms with Gasteiger partial charge < -0.3 is 11.1 Å². The van der Waals surface area contributed by atoms with E-state index in [0.29, 0.717) is 23.7 Å². The summed E-state index contributed by atoms with van der Waals surface area (Å²) in [6, 6.07) is 5.85. The summed E-state index contributed by atoms with van der Waals surface area (Å²) in [7, 11) is 0. The Morgan fingerprint density at radius 2 is 1.90 bits per heavy atom. The third-order valence-electron chi connectivity index (χ3n) is 6.33. The lowest BCUT2D eigenvalue weighted by atomic mass is 9.87. The molecule has 2 fully saturated rings. The number of benzene rings is 1. The fourth-order valence-electron chi connectivity index (χ4n) is 4.13. The van der Waals surface area contributed by atoms with E-state index in [0.717, 1.165) is 55.7 Å². The molecule has 2 aliphatic carbocycles. The number of ketones is 1. The number of nitrogen functional groups attached to an aromatic ring is 1. The fraction of sp³-hybridized carbons (Fsp3) is 0.522. The molecule has 0 radical (unpaired) electrons. The van der Waals surface area contributed by atoms with Gasteiger partial charge in [-0.1, -0.05) is 19.1 Å². The number of aryl methyl sites for hydroxylation is 1. The average molecular weight is 395 g/mol. The molecule has 2 saturated carbocycles. The van der Waals surface area contributed by atoms with E-state index in [4.69, 9.17) is 5.73 Å². The van der Waals surface area contributed by atoms with Gasteiger partial charge in [-0.15, -0.1) is 0 Å². The molecule has 0 unspecified atom stereocenters. The predicted octanol–water partition coefficient (Wildman–Crippen LogP) is 4.05. The lowest BCUT2D eigenvalue weighted by molar-refractivity contribution is 0.0918. The highest BCUT2D eigenvalue weighted by molar-refractivity contribution is 5.98. The number of nitrogens with two attached hydrogens (primary N) is 1. The predicted molar refractivity (Wildman–Crippen MR) is 113 cm³/mol. The Hall–Kier alpha value is -2.63. The molecule has 0 aliphatic heterocycles. The van der Waals surface area contributed by atoms with Gasteiger partial charge in [0.2, 0.25) is 0 Å². The maximum Gasteiger partial charge on any atom is 0.273 e. The van der Waals surface area contributed by atoms with Gasteiger partial charge in [0.25, 0.3) is 5.91 Å². The second-order valence-electron chi connectivity index (χ2n) is 8.85. The van der Waals surface area contributed by atoms with Crippen molar-refractivity contribution in [1.29, 1.82) is 0 Å². The molecule has 4 rings (SSSR count). The highest BCUT2D eigenvalue weighted by Gasteiger charge is 2.26. The van der Waals surface area contributed by atoms with Gasteiger partial charge >= 0.3 is 0 Å². The Bertz CT molecular complexity index is 921. The standard InChI is InChI=1S/C23H30N4O2/c1-14-3-9-18(10-4-14)26-23(29)21-22(24)27(13-25-21)19-12-17(8-5-15(19)2)20(28)11-16-6-7-16/h5,8,12-14,16,18H,3-4,6-7,9-11,24H2,1-2H3,(H,26,29). The van der Waals surface area contributed by atoms with Gasteiger partial charge in [-0.25, -0.2) is 4.98 Å². The van der Waals surface area contributed by atoms with Crippen molar-refractivity contribution in [3.63, 3.8) is 0 Å². The zero-order valence-corrected chi connectivity index (χ0v) is 17.3. The van der Waals surface area contributed by atoms with Gasteiger partial charge in [0.15, 0.2) is 11.5 Å². The number of imidazole rings is 1. The van der Waals surface area contributed by atoms with Crippen LogP contribution in [0.1, 0.15) is 78.3 Å². The van der Waals surface area contributed by atoms with Crippen molar-refractivity contribution in [2.45, 2.75) is 64.8 Å². The van der Waals surface area contributed by atoms with Crippen LogP contribution in [0.5, 0.6) is 0 Å². The van der Waals surface area contributed by atoms with Crippen LogP contribution < -0.4 is 11.1 Å². The van der Waals surface area contributed by atoms with E-state index in [1.165, 1.54) is 0 Å². The summed E-state index contributed by atoms with van der Waals surface area (Å²) < 4.78 is 1.71. The van der Waals surface area contributed by atoms with E-state index in [2.05, 4.69) is 17.2 Å².